The number of thiazole rings is 1. The van der Waals surface area contributed by atoms with Gasteiger partial charge in [0.1, 0.15) is 29.5 Å². The first-order chi connectivity index (χ1) is 36.1. The fourth-order valence-electron chi connectivity index (χ4n) is 11.3. The number of aromatic amines is 2. The molecule has 75 heavy (non-hydrogen) atoms. The van der Waals surface area contributed by atoms with Gasteiger partial charge in [0.2, 0.25) is 18.0 Å². The van der Waals surface area contributed by atoms with Crippen molar-refractivity contribution in [1.82, 2.24) is 49.9 Å². The van der Waals surface area contributed by atoms with Crippen LogP contribution in [0, 0.1) is 18.8 Å². The number of allylic oxidation sites excluding steroid dienone is 2. The number of aliphatic hydroxyl groups excluding tert-OH is 1. The van der Waals surface area contributed by atoms with Crippen molar-refractivity contribution in [3.8, 4) is 39.5 Å². The smallest absolute Gasteiger partial charge is 0.407 e. The number of aliphatic hydroxyl groups is 1. The molecule has 2 aromatic carbocycles. The van der Waals surface area contributed by atoms with Gasteiger partial charge in [-0.15, -0.1) is 11.3 Å². The third kappa shape index (κ3) is 10.3. The number of rotatable bonds is 16. The van der Waals surface area contributed by atoms with Crippen molar-refractivity contribution in [3.63, 3.8) is 0 Å². The topological polar surface area (TPSA) is 222 Å². The van der Waals surface area contributed by atoms with Crippen LogP contribution in [0.3, 0.4) is 0 Å². The first-order valence-corrected chi connectivity index (χ1v) is 27.1. The van der Waals surface area contributed by atoms with E-state index < -0.39 is 36.6 Å². The predicted octanol–water partition coefficient (Wildman–Crippen LogP) is 9.85. The number of H-pyrrole nitrogens is 2. The van der Waals surface area contributed by atoms with Crippen LogP contribution in [0.25, 0.3) is 44.7 Å². The average Bonchev–Trinajstić information content (AvgIpc) is 4.14. The highest BCUT2D eigenvalue weighted by Gasteiger charge is 2.42. The number of methoxy groups -OCH3 is 2. The third-order valence-corrected chi connectivity index (χ3v) is 16.6. The summed E-state index contributed by atoms with van der Waals surface area (Å²) in [7, 11) is 2.57. The number of carbonyl (C=O) groups is 4. The zero-order chi connectivity index (χ0) is 52.8. The maximum atomic E-state index is 14.6. The van der Waals surface area contributed by atoms with Crippen LogP contribution in [0.1, 0.15) is 137 Å². The minimum Gasteiger partial charge on any atom is -0.464 e. The molecule has 18 nitrogen and oxygen atoms in total. The molecule has 396 valence electrons. The molecule has 0 spiro atoms. The highest BCUT2D eigenvalue weighted by molar-refractivity contribution is 7.11. The molecule has 7 heterocycles. The van der Waals surface area contributed by atoms with E-state index in [-0.39, 0.29) is 35.7 Å². The number of hydrogen-bond acceptors (Lipinski definition) is 12. The lowest BCUT2D eigenvalue weighted by Gasteiger charge is -2.33. The lowest BCUT2D eigenvalue weighted by atomic mass is 9.86. The van der Waals surface area contributed by atoms with Crippen LogP contribution in [0.5, 0.6) is 5.75 Å². The molecule has 4 aliphatic rings. The second kappa shape index (κ2) is 21.3. The van der Waals surface area contributed by atoms with Crippen LogP contribution in [0.15, 0.2) is 66.6 Å². The third-order valence-electron chi connectivity index (χ3n) is 15.4. The standard InChI is InChI=1S/C56H68N10O8S/c1-9-30(4)20-37(22-32(6)67)48(63-56(71)73-8)53(69)65-19-11-13-42(65)49-57-26-38(60-49)34-16-17-40-36(23-34)24-43-46-31(5)21-35(25-44(46)74-54(66(40)43)45-28-59-51(75-45)33-14-15-33)39-27-58-50(61-39)41-12-10-18-64(41)52(68)47(29(2)3)62-55(70)72-7/h9,16-17,21,23-29,32-33,37,41-42,47-48,54,67H,10-15,18-20,22H2,1-8H3,(H,57,60)(H,58,61)(H,62,70)(H,63,71)/b30-9-/t32-,37?,41+,42+,47+,48?,54?/m1/s1. The molecule has 7 atom stereocenters. The van der Waals surface area contributed by atoms with Crippen LogP contribution >= 0.6 is 11.3 Å². The molecule has 3 unspecified atom stereocenters. The lowest BCUT2D eigenvalue weighted by Crippen LogP contribution is -2.52. The van der Waals surface area contributed by atoms with E-state index in [0.29, 0.717) is 49.9 Å². The molecule has 3 fully saturated rings. The fraction of sp³-hybridized carbons (Fsp3) is 0.482. The summed E-state index contributed by atoms with van der Waals surface area (Å²) in [6, 6.07) is 10.6. The molecule has 3 aliphatic heterocycles. The zero-order valence-corrected chi connectivity index (χ0v) is 44.8. The van der Waals surface area contributed by atoms with Crippen LogP contribution < -0.4 is 15.4 Å². The Morgan fingerprint density at radius 2 is 1.47 bits per heavy atom. The van der Waals surface area contributed by atoms with E-state index in [1.165, 1.54) is 14.2 Å². The van der Waals surface area contributed by atoms with Gasteiger partial charge >= 0.3 is 12.2 Å². The molecular weight excluding hydrogens is 973 g/mol. The number of carbonyl (C=O) groups excluding carboxylic acids is 4. The van der Waals surface area contributed by atoms with Crippen molar-refractivity contribution >= 4 is 46.2 Å². The molecule has 4 aromatic heterocycles. The van der Waals surface area contributed by atoms with Gasteiger partial charge in [-0.1, -0.05) is 31.6 Å². The van der Waals surface area contributed by atoms with E-state index in [9.17, 15) is 24.3 Å². The van der Waals surface area contributed by atoms with E-state index in [4.69, 9.17) is 29.2 Å². The Bertz CT molecular complexity index is 3150. The fourth-order valence-corrected chi connectivity index (χ4v) is 12.4. The molecule has 4 amide bonds. The minimum atomic E-state index is -0.911. The number of ether oxygens (including phenoxy) is 3. The molecule has 0 radical (unpaired) electrons. The lowest BCUT2D eigenvalue weighted by molar-refractivity contribution is -0.136. The van der Waals surface area contributed by atoms with Gasteiger partial charge in [-0.2, -0.15) is 0 Å². The van der Waals surface area contributed by atoms with E-state index >= 15 is 0 Å². The van der Waals surface area contributed by atoms with Gasteiger partial charge in [0.15, 0.2) is 0 Å². The number of nitrogens with zero attached hydrogens (tertiary/aromatic N) is 6. The Kier molecular flexibility index (Phi) is 14.6. The van der Waals surface area contributed by atoms with E-state index in [1.807, 2.05) is 62.2 Å². The van der Waals surface area contributed by atoms with Crippen molar-refractivity contribution in [3.05, 3.63) is 93.7 Å². The average molecular weight is 1040 g/mol. The van der Waals surface area contributed by atoms with E-state index in [0.717, 1.165) is 104 Å². The molecule has 1 aliphatic carbocycles. The Labute approximate surface area is 440 Å². The summed E-state index contributed by atoms with van der Waals surface area (Å²) < 4.78 is 19.2. The summed E-state index contributed by atoms with van der Waals surface area (Å²) in [5, 5.41) is 18.2. The van der Waals surface area contributed by atoms with Crippen LogP contribution in [-0.2, 0) is 19.1 Å². The number of aryl methyl sites for hydroxylation is 1. The predicted molar refractivity (Wildman–Crippen MR) is 285 cm³/mol. The molecule has 1 saturated carbocycles. The molecule has 5 N–H and O–H groups in total. The Balaban J connectivity index is 0.953. The van der Waals surface area contributed by atoms with Gasteiger partial charge < -0.3 is 49.7 Å². The van der Waals surface area contributed by atoms with Crippen molar-refractivity contribution in [2.24, 2.45) is 11.8 Å². The highest BCUT2D eigenvalue weighted by atomic mass is 32.1. The van der Waals surface area contributed by atoms with Crippen molar-refractivity contribution in [2.45, 2.75) is 135 Å². The summed E-state index contributed by atoms with van der Waals surface area (Å²) in [5.74, 6) is 1.68. The van der Waals surface area contributed by atoms with Crippen molar-refractivity contribution < 1.29 is 38.5 Å². The molecule has 6 aromatic rings. The number of aromatic nitrogens is 6. The molecule has 19 heteroatoms. The Hall–Kier alpha value is -6.99. The van der Waals surface area contributed by atoms with Crippen LogP contribution in [-0.4, -0.2) is 114 Å². The quantitative estimate of drug-likeness (QED) is 0.0574. The first-order valence-electron chi connectivity index (χ1n) is 26.3. The number of likely N-dealkylation sites (tertiary alicyclic amines) is 2. The maximum absolute atomic E-state index is 14.6. The number of nitrogens with one attached hydrogen (secondary N) is 4. The van der Waals surface area contributed by atoms with Gasteiger partial charge in [-0.05, 0) is 127 Å². The van der Waals surface area contributed by atoms with Crippen LogP contribution in [0.2, 0.25) is 0 Å². The summed E-state index contributed by atoms with van der Waals surface area (Å²) in [4.78, 5) is 79.7. The zero-order valence-electron chi connectivity index (χ0n) is 43.9. The SMILES string of the molecule is C/C=C(/C)CC(C[C@@H](C)O)C(NC(=O)OC)C(=O)N1CCC[C@H]1c1ncc(-c2ccc3c(c2)cc2n3C(c3cnc(C4CC4)s3)Oc3cc(-c4cnc([C@@H]5CCCN5C(=O)[C@@H](NC(=O)OC)C(C)C)[nH]4)cc(C)c3-2)[nH]1. The second-order valence-electron chi connectivity index (χ2n) is 21.1. The molecule has 10 rings (SSSR count). The number of imidazole rings is 2. The first kappa shape index (κ1) is 51.5. The number of fused-ring (bicyclic) bond motifs is 5. The van der Waals surface area contributed by atoms with Gasteiger partial charge in [-0.25, -0.2) is 24.5 Å². The van der Waals surface area contributed by atoms with E-state index in [2.05, 4.69) is 68.5 Å². The molecule has 2 saturated heterocycles. The summed E-state index contributed by atoms with van der Waals surface area (Å²) in [5.41, 5.74) is 8.51. The summed E-state index contributed by atoms with van der Waals surface area (Å²) in [6.07, 6.45) is 11.2. The number of alkyl carbamates (subject to hydrolysis) is 2. The van der Waals surface area contributed by atoms with Gasteiger partial charge in [0, 0.05) is 47.3 Å². The van der Waals surface area contributed by atoms with E-state index in [1.54, 1.807) is 18.3 Å². The monoisotopic (exact) mass is 1040 g/mol. The maximum Gasteiger partial charge on any atom is 0.407 e. The second-order valence-corrected chi connectivity index (χ2v) is 22.2. The normalized spacial score (nSPS) is 20.1. The van der Waals surface area contributed by atoms with Gasteiger partial charge in [-0.3, -0.25) is 14.2 Å². The Morgan fingerprint density at radius 1 is 0.840 bits per heavy atom. The van der Waals surface area contributed by atoms with Gasteiger partial charge in [0.25, 0.3) is 0 Å². The number of benzene rings is 2. The number of hydrogen-bond donors (Lipinski definition) is 5. The largest absolute Gasteiger partial charge is 0.464 e. The molecule has 0 bridgehead atoms. The minimum absolute atomic E-state index is 0.143. The van der Waals surface area contributed by atoms with Crippen molar-refractivity contribution in [2.75, 3.05) is 27.3 Å². The summed E-state index contributed by atoms with van der Waals surface area (Å²) >= 11 is 1.71. The van der Waals surface area contributed by atoms with Crippen LogP contribution in [0.4, 0.5) is 9.59 Å². The highest BCUT2D eigenvalue weighted by Crippen LogP contribution is 2.50. The molecular formula is C56H68N10O8S. The van der Waals surface area contributed by atoms with Crippen molar-refractivity contribution in [1.29, 1.82) is 0 Å². The summed E-state index contributed by atoms with van der Waals surface area (Å²) in [6.45, 7) is 12.6. The Morgan fingerprint density at radius 3 is 2.07 bits per heavy atom. The van der Waals surface area contributed by atoms with Gasteiger partial charge in [0.05, 0.1) is 77.3 Å². The number of amides is 4.